The van der Waals surface area contributed by atoms with Gasteiger partial charge in [0, 0.05) is 31.6 Å². The Bertz CT molecular complexity index is 1170. The number of halogens is 1. The van der Waals surface area contributed by atoms with Crippen LogP contribution in [0.5, 0.6) is 5.75 Å². The third-order valence-electron chi connectivity index (χ3n) is 6.06. The van der Waals surface area contributed by atoms with Gasteiger partial charge in [-0.05, 0) is 54.3 Å². The lowest BCUT2D eigenvalue weighted by molar-refractivity contribution is -0.126. The second kappa shape index (κ2) is 13.6. The molecular weight excluding hydrogens is 455 g/mol. The number of amides is 1. The Balaban J connectivity index is 0.00000109. The number of rotatable bonds is 5. The molecule has 3 aromatic rings. The molecule has 1 aliphatic heterocycles. The smallest absolute Gasteiger partial charge is 0.246 e. The van der Waals surface area contributed by atoms with Crippen LogP contribution in [-0.2, 0) is 11.2 Å². The molecule has 1 N–H and O–H groups in total. The molecule has 194 valence electrons. The number of carbonyl (C=O) groups excluding carboxylic acids is 1. The van der Waals surface area contributed by atoms with E-state index in [-0.39, 0.29) is 17.2 Å². The number of aryl methyl sites for hydroxylation is 2. The summed E-state index contributed by atoms with van der Waals surface area (Å²) in [7, 11) is 0. The van der Waals surface area contributed by atoms with Crippen LogP contribution in [0.2, 0.25) is 0 Å². The normalized spacial score (nSPS) is 12.9. The maximum Gasteiger partial charge on any atom is 0.246 e. The Labute approximate surface area is 214 Å². The van der Waals surface area contributed by atoms with Gasteiger partial charge in [0.1, 0.15) is 23.7 Å². The fourth-order valence-electron chi connectivity index (χ4n) is 4.52. The van der Waals surface area contributed by atoms with Gasteiger partial charge < -0.3 is 14.9 Å². The van der Waals surface area contributed by atoms with Gasteiger partial charge in [-0.1, -0.05) is 53.7 Å². The van der Waals surface area contributed by atoms with Crippen molar-refractivity contribution in [3.05, 3.63) is 60.2 Å². The van der Waals surface area contributed by atoms with Crippen LogP contribution in [0.1, 0.15) is 52.2 Å². The average Bonchev–Trinajstić information content (AvgIpc) is 2.92. The van der Waals surface area contributed by atoms with Gasteiger partial charge in [-0.3, -0.25) is 4.79 Å². The minimum Gasteiger partial charge on any atom is -0.507 e. The van der Waals surface area contributed by atoms with Gasteiger partial charge in [0.05, 0.1) is 11.1 Å². The third kappa shape index (κ3) is 5.83. The molecule has 0 aliphatic carbocycles. The van der Waals surface area contributed by atoms with Crippen LogP contribution < -0.4 is 4.90 Å². The topological polar surface area (TPSA) is 69.6 Å². The number of phenolic OH excluding ortho intramolecular Hbond substituents is 1. The second-order valence-electron chi connectivity index (χ2n) is 8.03. The van der Waals surface area contributed by atoms with Crippen LogP contribution in [0, 0.1) is 12.7 Å². The van der Waals surface area contributed by atoms with Crippen LogP contribution in [0.4, 0.5) is 10.2 Å². The number of hydrogen-bond donors (Lipinski definition) is 1. The highest BCUT2D eigenvalue weighted by molar-refractivity contribution is 5.97. The predicted octanol–water partition coefficient (Wildman–Crippen LogP) is 6.29. The molecule has 4 rings (SSSR count). The van der Waals surface area contributed by atoms with E-state index in [1.807, 2.05) is 40.7 Å². The quantitative estimate of drug-likeness (QED) is 0.422. The highest BCUT2D eigenvalue weighted by atomic mass is 19.1. The highest BCUT2D eigenvalue weighted by Crippen LogP contribution is 2.41. The zero-order valence-corrected chi connectivity index (χ0v) is 22.4. The Morgan fingerprint density at radius 3 is 2.36 bits per heavy atom. The molecule has 0 radical (unpaired) electrons. The van der Waals surface area contributed by atoms with Crippen molar-refractivity contribution in [1.29, 1.82) is 0 Å². The summed E-state index contributed by atoms with van der Waals surface area (Å²) in [5.41, 5.74) is 3.41. The van der Waals surface area contributed by atoms with Crippen molar-refractivity contribution in [2.75, 3.05) is 31.1 Å². The van der Waals surface area contributed by atoms with Gasteiger partial charge in [0.15, 0.2) is 0 Å². The molecular formula is C29H39FN4O2. The van der Waals surface area contributed by atoms with Crippen molar-refractivity contribution in [2.24, 2.45) is 0 Å². The summed E-state index contributed by atoms with van der Waals surface area (Å²) in [6, 6.07) is 6.40. The van der Waals surface area contributed by atoms with Crippen molar-refractivity contribution in [3.63, 3.8) is 0 Å². The molecule has 2 aromatic carbocycles. The first-order valence-corrected chi connectivity index (χ1v) is 12.9. The third-order valence-corrected chi connectivity index (χ3v) is 6.06. The largest absolute Gasteiger partial charge is 0.507 e. The summed E-state index contributed by atoms with van der Waals surface area (Å²) >= 11 is 0. The summed E-state index contributed by atoms with van der Waals surface area (Å²) in [6.45, 7) is 18.1. The molecule has 1 amide bonds. The average molecular weight is 495 g/mol. The number of benzene rings is 2. The van der Waals surface area contributed by atoms with Crippen LogP contribution in [0.25, 0.3) is 22.0 Å². The molecule has 1 aromatic heterocycles. The Kier molecular flexibility index (Phi) is 10.8. The minimum absolute atomic E-state index is 0.0624. The Morgan fingerprint density at radius 1 is 1.11 bits per heavy atom. The summed E-state index contributed by atoms with van der Waals surface area (Å²) in [5.74, 6) is 0.210. The van der Waals surface area contributed by atoms with E-state index < -0.39 is 5.82 Å². The number of piperazine rings is 1. The molecule has 36 heavy (non-hydrogen) atoms. The number of phenols is 1. The summed E-state index contributed by atoms with van der Waals surface area (Å²) in [4.78, 5) is 24.9. The first-order valence-electron chi connectivity index (χ1n) is 12.9. The number of nitrogens with zero attached hydrogens (tertiary/aromatic N) is 4. The molecule has 1 saturated heterocycles. The molecule has 0 bridgehead atoms. The lowest BCUT2D eigenvalue weighted by atomic mass is 9.89. The molecule has 0 saturated carbocycles. The molecule has 7 heteroatoms. The van der Waals surface area contributed by atoms with E-state index in [4.69, 9.17) is 0 Å². The Hall–Kier alpha value is -3.48. The van der Waals surface area contributed by atoms with Crippen LogP contribution in [-0.4, -0.2) is 52.1 Å². The number of anilines is 1. The van der Waals surface area contributed by atoms with Crippen LogP contribution in [0.3, 0.4) is 0 Å². The molecule has 2 heterocycles. The van der Waals surface area contributed by atoms with E-state index in [9.17, 15) is 14.3 Å². The van der Waals surface area contributed by atoms with Gasteiger partial charge in [-0.25, -0.2) is 14.4 Å². The van der Waals surface area contributed by atoms with Gasteiger partial charge in [-0.2, -0.15) is 0 Å². The van der Waals surface area contributed by atoms with Crippen LogP contribution in [0.15, 0.2) is 43.2 Å². The van der Waals surface area contributed by atoms with E-state index in [0.717, 1.165) is 40.7 Å². The number of aromatic hydroxyl groups is 1. The van der Waals surface area contributed by atoms with Gasteiger partial charge in [0.25, 0.3) is 0 Å². The van der Waals surface area contributed by atoms with E-state index in [2.05, 4.69) is 28.4 Å². The maximum absolute atomic E-state index is 14.8. The first kappa shape index (κ1) is 28.8. The second-order valence-corrected chi connectivity index (χ2v) is 8.03. The van der Waals surface area contributed by atoms with E-state index in [1.165, 1.54) is 30.6 Å². The Morgan fingerprint density at radius 2 is 1.78 bits per heavy atom. The number of hydrogen-bond acceptors (Lipinski definition) is 5. The summed E-state index contributed by atoms with van der Waals surface area (Å²) in [5, 5.41) is 11.4. The zero-order valence-electron chi connectivity index (χ0n) is 22.4. The summed E-state index contributed by atoms with van der Waals surface area (Å²) < 4.78 is 14.8. The predicted molar refractivity (Wildman–Crippen MR) is 147 cm³/mol. The van der Waals surface area contributed by atoms with E-state index >= 15 is 0 Å². The minimum atomic E-state index is -0.456. The molecule has 1 fully saturated rings. The molecule has 1 aliphatic rings. The van der Waals surface area contributed by atoms with Gasteiger partial charge in [0.2, 0.25) is 5.91 Å². The first-order chi connectivity index (χ1) is 17.5. The SMILES string of the molecule is C=CC(=O)N1CCN(c2ncnc3c(C)c(-c4c(O)cccc4F)c(CCC)cc23)CC1.CC.CC. The molecule has 0 unspecified atom stereocenters. The van der Waals surface area contributed by atoms with Gasteiger partial charge in [-0.15, -0.1) is 0 Å². The fourth-order valence-corrected chi connectivity index (χ4v) is 4.52. The lowest BCUT2D eigenvalue weighted by Crippen LogP contribution is -2.48. The molecule has 0 atom stereocenters. The number of fused-ring (bicyclic) bond motifs is 1. The van der Waals surface area contributed by atoms with Crippen molar-refractivity contribution in [3.8, 4) is 16.9 Å². The zero-order chi connectivity index (χ0) is 26.8. The standard InChI is InChI=1S/C25H27FN4O2.2C2H6/c1-4-7-17-14-18-24(16(3)22(17)23-19(26)8-6-9-20(23)31)27-15-28-25(18)30-12-10-29(11-13-30)21(32)5-2;2*1-2/h5-6,8-9,14-15,31H,2,4,7,10-13H2,1,3H3;2*1-2H3. The van der Waals surface area contributed by atoms with Crippen molar-refractivity contribution in [2.45, 2.75) is 54.4 Å². The fraction of sp³-hybridized carbons (Fsp3) is 0.414. The van der Waals surface area contributed by atoms with Gasteiger partial charge >= 0.3 is 0 Å². The highest BCUT2D eigenvalue weighted by Gasteiger charge is 2.25. The number of aromatic nitrogens is 2. The van der Waals surface area contributed by atoms with Crippen molar-refractivity contribution >= 4 is 22.6 Å². The molecule has 0 spiro atoms. The summed E-state index contributed by atoms with van der Waals surface area (Å²) in [6.07, 6.45) is 4.47. The van der Waals surface area contributed by atoms with E-state index in [0.29, 0.717) is 31.7 Å². The monoisotopic (exact) mass is 494 g/mol. The van der Waals surface area contributed by atoms with Crippen molar-refractivity contribution < 1.29 is 14.3 Å². The lowest BCUT2D eigenvalue weighted by Gasteiger charge is -2.35. The van der Waals surface area contributed by atoms with E-state index in [1.54, 1.807) is 4.90 Å². The molecule has 6 nitrogen and oxygen atoms in total. The number of carbonyl (C=O) groups is 1. The van der Waals surface area contributed by atoms with Crippen LogP contribution >= 0.6 is 0 Å². The van der Waals surface area contributed by atoms with Crippen molar-refractivity contribution in [1.82, 2.24) is 14.9 Å². The maximum atomic E-state index is 14.8.